The Morgan fingerprint density at radius 1 is 0.578 bits per heavy atom. The van der Waals surface area contributed by atoms with Crippen molar-refractivity contribution >= 4 is 32.3 Å². The van der Waals surface area contributed by atoms with Crippen molar-refractivity contribution in [2.75, 3.05) is 0 Å². The summed E-state index contributed by atoms with van der Waals surface area (Å²) in [5.41, 5.74) is 8.07. The SMILES string of the molecule is CCC1(CC)C(CC[n+]2ccccc2-c2ccccc2C)c2ccccc2-c2cc3c4ccccc4c4ccccc4c3c[n+]21. The van der Waals surface area contributed by atoms with Crippen molar-refractivity contribution < 1.29 is 9.13 Å². The first-order valence-corrected chi connectivity index (χ1v) is 16.6. The smallest absolute Gasteiger partial charge is 0.198 e. The molecule has 5 aromatic carbocycles. The van der Waals surface area contributed by atoms with Crippen LogP contribution in [0.4, 0.5) is 0 Å². The van der Waals surface area contributed by atoms with E-state index >= 15 is 0 Å². The number of benzene rings is 5. The van der Waals surface area contributed by atoms with Crippen molar-refractivity contribution in [3.8, 4) is 22.5 Å². The van der Waals surface area contributed by atoms with Crippen LogP contribution in [0.25, 0.3) is 54.8 Å². The van der Waals surface area contributed by atoms with Gasteiger partial charge in [0, 0.05) is 54.0 Å². The molecular weight excluding hydrogens is 544 g/mol. The van der Waals surface area contributed by atoms with Crippen molar-refractivity contribution in [2.24, 2.45) is 0 Å². The Bertz CT molecular complexity index is 2220. The Kier molecular flexibility index (Phi) is 6.75. The molecule has 3 heterocycles. The van der Waals surface area contributed by atoms with Gasteiger partial charge < -0.3 is 0 Å². The summed E-state index contributed by atoms with van der Waals surface area (Å²) < 4.78 is 5.17. The van der Waals surface area contributed by atoms with E-state index in [0.717, 1.165) is 25.8 Å². The maximum Gasteiger partial charge on any atom is 0.213 e. The molecule has 0 fully saturated rings. The summed E-state index contributed by atoms with van der Waals surface area (Å²) in [6.07, 6.45) is 7.99. The second-order valence-electron chi connectivity index (χ2n) is 12.8. The fourth-order valence-electron chi connectivity index (χ4n) is 8.51. The molecule has 0 saturated carbocycles. The fraction of sp³-hybridized carbons (Fsp3) is 0.209. The molecule has 0 amide bonds. The maximum atomic E-state index is 2.70. The van der Waals surface area contributed by atoms with Gasteiger partial charge in [-0.15, -0.1) is 0 Å². The molecule has 1 atom stereocenters. The summed E-state index contributed by atoms with van der Waals surface area (Å²) in [4.78, 5) is 0. The number of aryl methyl sites for hydroxylation is 2. The number of rotatable bonds is 6. The van der Waals surface area contributed by atoms with E-state index in [1.54, 1.807) is 0 Å². The van der Waals surface area contributed by atoms with E-state index in [1.165, 1.54) is 66.0 Å². The summed E-state index contributed by atoms with van der Waals surface area (Å²) in [7, 11) is 0. The lowest BCUT2D eigenvalue weighted by molar-refractivity contribution is -0.764. The van der Waals surface area contributed by atoms with E-state index in [9.17, 15) is 0 Å². The number of aromatic nitrogens is 2. The van der Waals surface area contributed by atoms with Gasteiger partial charge in [-0.3, -0.25) is 0 Å². The lowest BCUT2D eigenvalue weighted by Gasteiger charge is -2.40. The highest BCUT2D eigenvalue weighted by Gasteiger charge is 2.51. The first-order chi connectivity index (χ1) is 22.1. The third kappa shape index (κ3) is 4.23. The topological polar surface area (TPSA) is 7.76 Å². The van der Waals surface area contributed by atoms with Gasteiger partial charge in [0.15, 0.2) is 17.9 Å². The van der Waals surface area contributed by atoms with Crippen molar-refractivity contribution in [1.82, 2.24) is 0 Å². The van der Waals surface area contributed by atoms with Crippen LogP contribution in [0.3, 0.4) is 0 Å². The van der Waals surface area contributed by atoms with Crippen molar-refractivity contribution in [2.45, 2.75) is 58.0 Å². The van der Waals surface area contributed by atoms with E-state index in [4.69, 9.17) is 0 Å². The molecule has 0 bridgehead atoms. The molecule has 0 radical (unpaired) electrons. The van der Waals surface area contributed by atoms with Gasteiger partial charge in [0.25, 0.3) is 0 Å². The Morgan fingerprint density at radius 3 is 1.84 bits per heavy atom. The quantitative estimate of drug-likeness (QED) is 0.136. The molecule has 0 N–H and O–H groups in total. The Balaban J connectivity index is 1.33. The van der Waals surface area contributed by atoms with E-state index in [-0.39, 0.29) is 5.54 Å². The lowest BCUT2D eigenvalue weighted by Crippen LogP contribution is -2.62. The van der Waals surface area contributed by atoms with Gasteiger partial charge in [-0.25, -0.2) is 0 Å². The number of hydrogen-bond donors (Lipinski definition) is 0. The van der Waals surface area contributed by atoms with Crippen LogP contribution in [-0.4, -0.2) is 0 Å². The zero-order valence-corrected chi connectivity index (χ0v) is 26.5. The molecule has 0 saturated heterocycles. The van der Waals surface area contributed by atoms with Crippen LogP contribution in [0.5, 0.6) is 0 Å². The van der Waals surface area contributed by atoms with Gasteiger partial charge in [-0.1, -0.05) is 98.8 Å². The minimum absolute atomic E-state index is 0.0389. The molecule has 0 spiro atoms. The highest BCUT2D eigenvalue weighted by atomic mass is 15.1. The second kappa shape index (κ2) is 11.0. The van der Waals surface area contributed by atoms with E-state index in [2.05, 4.69) is 164 Å². The molecule has 7 aromatic rings. The summed E-state index contributed by atoms with van der Waals surface area (Å²) in [6.45, 7) is 7.98. The molecule has 8 rings (SSSR count). The monoisotopic (exact) mass is 584 g/mol. The lowest BCUT2D eigenvalue weighted by atomic mass is 9.69. The van der Waals surface area contributed by atoms with Crippen LogP contribution in [0.1, 0.15) is 50.2 Å². The number of fused-ring (bicyclic) bond motifs is 9. The van der Waals surface area contributed by atoms with E-state index < -0.39 is 0 Å². The summed E-state index contributed by atoms with van der Waals surface area (Å²) in [5.74, 6) is 0.378. The van der Waals surface area contributed by atoms with Gasteiger partial charge in [-0.05, 0) is 57.8 Å². The normalized spacial score (nSPS) is 15.3. The fourth-order valence-corrected chi connectivity index (χ4v) is 8.51. The van der Waals surface area contributed by atoms with Crippen LogP contribution in [0.2, 0.25) is 0 Å². The molecule has 2 nitrogen and oxygen atoms in total. The Hall–Kier alpha value is -4.82. The minimum atomic E-state index is -0.0389. The van der Waals surface area contributed by atoms with Crippen molar-refractivity contribution in [3.05, 3.63) is 145 Å². The predicted molar refractivity (Wildman–Crippen MR) is 187 cm³/mol. The highest BCUT2D eigenvalue weighted by Crippen LogP contribution is 2.48. The van der Waals surface area contributed by atoms with E-state index in [0.29, 0.717) is 5.92 Å². The van der Waals surface area contributed by atoms with Gasteiger partial charge >= 0.3 is 0 Å². The van der Waals surface area contributed by atoms with Crippen LogP contribution >= 0.6 is 0 Å². The van der Waals surface area contributed by atoms with Crippen LogP contribution in [-0.2, 0) is 12.1 Å². The minimum Gasteiger partial charge on any atom is -0.198 e. The van der Waals surface area contributed by atoms with Gasteiger partial charge in [0.05, 0.1) is 11.3 Å². The molecular formula is C43H40N2+2. The van der Waals surface area contributed by atoms with Gasteiger partial charge in [0.1, 0.15) is 6.54 Å². The van der Waals surface area contributed by atoms with Crippen LogP contribution in [0, 0.1) is 6.92 Å². The summed E-state index contributed by atoms with van der Waals surface area (Å²) in [6, 6.07) is 45.0. The molecule has 220 valence electrons. The van der Waals surface area contributed by atoms with E-state index in [1.807, 2.05) is 0 Å². The van der Waals surface area contributed by atoms with Crippen LogP contribution in [0.15, 0.2) is 134 Å². The number of nitrogens with zero attached hydrogens (tertiary/aromatic N) is 2. The first kappa shape index (κ1) is 27.7. The van der Waals surface area contributed by atoms with Gasteiger partial charge in [0.2, 0.25) is 11.4 Å². The Labute approximate surface area is 266 Å². The molecule has 1 aliphatic heterocycles. The van der Waals surface area contributed by atoms with Gasteiger partial charge in [-0.2, -0.15) is 9.13 Å². The largest absolute Gasteiger partial charge is 0.213 e. The third-order valence-electron chi connectivity index (χ3n) is 10.8. The van der Waals surface area contributed by atoms with Crippen molar-refractivity contribution in [1.29, 1.82) is 0 Å². The standard InChI is InChI=1S/C43H40N2/c1-4-43(5-2)40(25-27-44-26-15-14-24-41(44)31-17-7-6-16-30(31)3)36-22-12-13-23-37(36)42-28-38-34-20-10-8-18-32(34)33-19-9-11-21-35(33)39(38)29-45(42)43/h6-24,26,28-29,40H,4-5,25,27H2,1-3H3/q+2. The third-order valence-corrected chi connectivity index (χ3v) is 10.8. The zero-order chi connectivity index (χ0) is 30.5. The highest BCUT2D eigenvalue weighted by molar-refractivity contribution is 6.25. The summed E-state index contributed by atoms with van der Waals surface area (Å²) >= 11 is 0. The number of pyridine rings is 2. The first-order valence-electron chi connectivity index (χ1n) is 16.6. The molecule has 2 aromatic heterocycles. The molecule has 2 heteroatoms. The maximum absolute atomic E-state index is 2.70. The summed E-state index contributed by atoms with van der Waals surface area (Å²) in [5, 5.41) is 8.01. The molecule has 0 aliphatic carbocycles. The average molecular weight is 585 g/mol. The predicted octanol–water partition coefficient (Wildman–Crippen LogP) is 10.1. The Morgan fingerprint density at radius 2 is 1.16 bits per heavy atom. The van der Waals surface area contributed by atoms with Crippen LogP contribution < -0.4 is 9.13 Å². The zero-order valence-electron chi connectivity index (χ0n) is 26.5. The molecule has 1 aliphatic rings. The average Bonchev–Trinajstić information content (AvgIpc) is 3.10. The molecule has 1 unspecified atom stereocenters. The second-order valence-corrected chi connectivity index (χ2v) is 12.8. The number of hydrogen-bond acceptors (Lipinski definition) is 0. The molecule has 45 heavy (non-hydrogen) atoms. The van der Waals surface area contributed by atoms with Crippen molar-refractivity contribution in [3.63, 3.8) is 0 Å².